The van der Waals surface area contributed by atoms with E-state index < -0.39 is 21.2 Å². The quantitative estimate of drug-likeness (QED) is 0.804. The van der Waals surface area contributed by atoms with Crippen LogP contribution in [0.25, 0.3) is 0 Å². The van der Waals surface area contributed by atoms with Crippen molar-refractivity contribution in [2.75, 3.05) is 12.0 Å². The molecule has 0 amide bonds. The maximum atomic E-state index is 11.3. The monoisotopic (exact) mass is 248 g/mol. The van der Waals surface area contributed by atoms with E-state index in [-0.39, 0.29) is 5.75 Å². The number of sulfone groups is 1. The number of rotatable bonds is 5. The predicted octanol–water partition coefficient (Wildman–Crippen LogP) is 1.70. The zero-order valence-electron chi connectivity index (χ0n) is 9.90. The van der Waals surface area contributed by atoms with Gasteiger partial charge in [0.25, 0.3) is 0 Å². The van der Waals surface area contributed by atoms with Crippen LogP contribution in [0.1, 0.15) is 39.0 Å². The van der Waals surface area contributed by atoms with E-state index in [2.05, 4.69) is 6.92 Å². The second-order valence-electron chi connectivity index (χ2n) is 5.17. The molecule has 1 aliphatic carbocycles. The Morgan fingerprint density at radius 3 is 2.50 bits per heavy atom. The topological polar surface area (TPSA) is 71.4 Å². The molecule has 0 aliphatic heterocycles. The number of hydrogen-bond acceptors (Lipinski definition) is 3. The third-order valence-corrected chi connectivity index (χ3v) is 4.51. The molecule has 4 nitrogen and oxygen atoms in total. The van der Waals surface area contributed by atoms with Crippen molar-refractivity contribution in [2.24, 2.45) is 11.3 Å². The van der Waals surface area contributed by atoms with Gasteiger partial charge in [0, 0.05) is 12.0 Å². The SMILES string of the molecule is CC1CCC(CCCS(C)(=O)=O)(C(=O)O)C1. The highest BCUT2D eigenvalue weighted by molar-refractivity contribution is 7.90. The van der Waals surface area contributed by atoms with Gasteiger partial charge in [0.15, 0.2) is 0 Å². The molecule has 2 atom stereocenters. The van der Waals surface area contributed by atoms with Crippen molar-refractivity contribution in [3.63, 3.8) is 0 Å². The lowest BCUT2D eigenvalue weighted by Gasteiger charge is -2.23. The third kappa shape index (κ3) is 3.47. The van der Waals surface area contributed by atoms with Gasteiger partial charge in [-0.25, -0.2) is 8.42 Å². The molecule has 1 saturated carbocycles. The van der Waals surface area contributed by atoms with Crippen molar-refractivity contribution in [1.29, 1.82) is 0 Å². The summed E-state index contributed by atoms with van der Waals surface area (Å²) in [6, 6.07) is 0. The van der Waals surface area contributed by atoms with Gasteiger partial charge in [-0.15, -0.1) is 0 Å². The Morgan fingerprint density at radius 2 is 2.12 bits per heavy atom. The fraction of sp³-hybridized carbons (Fsp3) is 0.909. The molecule has 0 saturated heterocycles. The van der Waals surface area contributed by atoms with Crippen LogP contribution in [0.15, 0.2) is 0 Å². The van der Waals surface area contributed by atoms with Crippen molar-refractivity contribution in [2.45, 2.75) is 39.0 Å². The third-order valence-electron chi connectivity index (χ3n) is 3.48. The molecular formula is C11H20O4S. The summed E-state index contributed by atoms with van der Waals surface area (Å²) in [5, 5.41) is 9.26. The predicted molar refractivity (Wildman–Crippen MR) is 62.0 cm³/mol. The first-order valence-electron chi connectivity index (χ1n) is 5.66. The first kappa shape index (κ1) is 13.5. The van der Waals surface area contributed by atoms with Crippen LogP contribution in [0.3, 0.4) is 0 Å². The van der Waals surface area contributed by atoms with Crippen LogP contribution >= 0.6 is 0 Å². The summed E-state index contributed by atoms with van der Waals surface area (Å²) in [5.74, 6) is -0.226. The molecule has 0 aromatic rings. The van der Waals surface area contributed by atoms with Gasteiger partial charge in [0.05, 0.1) is 5.41 Å². The second kappa shape index (κ2) is 4.73. The van der Waals surface area contributed by atoms with Gasteiger partial charge in [-0.1, -0.05) is 6.92 Å². The van der Waals surface area contributed by atoms with E-state index in [1.165, 1.54) is 6.26 Å². The van der Waals surface area contributed by atoms with E-state index in [0.717, 1.165) is 6.42 Å². The van der Waals surface area contributed by atoms with Crippen LogP contribution in [0.4, 0.5) is 0 Å². The molecule has 0 heterocycles. The van der Waals surface area contributed by atoms with Crippen molar-refractivity contribution >= 4 is 15.8 Å². The number of carboxylic acid groups (broad SMARTS) is 1. The zero-order chi connectivity index (χ0) is 12.4. The van der Waals surface area contributed by atoms with Crippen LogP contribution in [0, 0.1) is 11.3 Å². The molecule has 1 fully saturated rings. The van der Waals surface area contributed by atoms with E-state index in [9.17, 15) is 18.3 Å². The minimum absolute atomic E-state index is 0.0937. The second-order valence-corrected chi connectivity index (χ2v) is 7.43. The van der Waals surface area contributed by atoms with Gasteiger partial charge in [0.1, 0.15) is 9.84 Å². The molecule has 0 spiro atoms. The Bertz CT molecular complexity index is 360. The average Bonchev–Trinajstić information content (AvgIpc) is 2.46. The minimum Gasteiger partial charge on any atom is -0.481 e. The molecule has 0 aromatic carbocycles. The van der Waals surface area contributed by atoms with Crippen LogP contribution in [-0.2, 0) is 14.6 Å². The van der Waals surface area contributed by atoms with Crippen molar-refractivity contribution in [3.05, 3.63) is 0 Å². The lowest BCUT2D eigenvalue weighted by molar-refractivity contribution is -0.149. The molecule has 0 bridgehead atoms. The van der Waals surface area contributed by atoms with Gasteiger partial charge in [-0.3, -0.25) is 4.79 Å². The smallest absolute Gasteiger partial charge is 0.309 e. The lowest BCUT2D eigenvalue weighted by atomic mass is 9.81. The van der Waals surface area contributed by atoms with Gasteiger partial charge in [-0.2, -0.15) is 0 Å². The first-order valence-corrected chi connectivity index (χ1v) is 7.72. The van der Waals surface area contributed by atoms with Crippen molar-refractivity contribution in [1.82, 2.24) is 0 Å². The fourth-order valence-corrected chi connectivity index (χ4v) is 3.26. The van der Waals surface area contributed by atoms with E-state index in [1.807, 2.05) is 0 Å². The highest BCUT2D eigenvalue weighted by Gasteiger charge is 2.43. The van der Waals surface area contributed by atoms with Crippen LogP contribution < -0.4 is 0 Å². The Kier molecular flexibility index (Phi) is 3.99. The Labute approximate surface area is 97.0 Å². The first-order chi connectivity index (χ1) is 7.25. The summed E-state index contributed by atoms with van der Waals surface area (Å²) < 4.78 is 22.0. The molecule has 5 heteroatoms. The molecule has 0 aromatic heterocycles. The van der Waals surface area contributed by atoms with E-state index in [0.29, 0.717) is 31.6 Å². The minimum atomic E-state index is -2.97. The molecule has 1 N–H and O–H groups in total. The highest BCUT2D eigenvalue weighted by atomic mass is 32.2. The van der Waals surface area contributed by atoms with Gasteiger partial charge in [0.2, 0.25) is 0 Å². The van der Waals surface area contributed by atoms with Gasteiger partial charge < -0.3 is 5.11 Å². The summed E-state index contributed by atoms with van der Waals surface area (Å²) >= 11 is 0. The molecular weight excluding hydrogens is 228 g/mol. The molecule has 1 aliphatic rings. The van der Waals surface area contributed by atoms with E-state index in [1.54, 1.807) is 0 Å². The summed E-state index contributed by atoms with van der Waals surface area (Å²) in [4.78, 5) is 11.3. The fourth-order valence-electron chi connectivity index (χ4n) is 2.59. The largest absolute Gasteiger partial charge is 0.481 e. The Hall–Kier alpha value is -0.580. The zero-order valence-corrected chi connectivity index (χ0v) is 10.7. The standard InChI is InChI=1S/C11H20O4S/c1-9-4-6-11(8-9,10(12)13)5-3-7-16(2,14)15/h9H,3-8H2,1-2H3,(H,12,13). The Balaban J connectivity index is 2.57. The van der Waals surface area contributed by atoms with Gasteiger partial charge in [-0.05, 0) is 38.0 Å². The van der Waals surface area contributed by atoms with Crippen LogP contribution in [0.5, 0.6) is 0 Å². The van der Waals surface area contributed by atoms with Crippen LogP contribution in [-0.4, -0.2) is 31.5 Å². The summed E-state index contributed by atoms with van der Waals surface area (Å²) in [5.41, 5.74) is -0.663. The highest BCUT2D eigenvalue weighted by Crippen LogP contribution is 2.45. The number of hydrogen-bond donors (Lipinski definition) is 1. The van der Waals surface area contributed by atoms with Crippen molar-refractivity contribution in [3.8, 4) is 0 Å². The van der Waals surface area contributed by atoms with E-state index >= 15 is 0 Å². The normalized spacial score (nSPS) is 30.5. The lowest BCUT2D eigenvalue weighted by Crippen LogP contribution is -2.28. The molecule has 2 unspecified atom stereocenters. The number of carbonyl (C=O) groups is 1. The maximum Gasteiger partial charge on any atom is 0.309 e. The molecule has 16 heavy (non-hydrogen) atoms. The molecule has 94 valence electrons. The summed E-state index contributed by atoms with van der Waals surface area (Å²) in [7, 11) is -2.97. The Morgan fingerprint density at radius 1 is 1.50 bits per heavy atom. The van der Waals surface area contributed by atoms with E-state index in [4.69, 9.17) is 0 Å². The van der Waals surface area contributed by atoms with Crippen molar-refractivity contribution < 1.29 is 18.3 Å². The maximum absolute atomic E-state index is 11.3. The molecule has 0 radical (unpaired) electrons. The molecule has 1 rings (SSSR count). The number of carboxylic acids is 1. The summed E-state index contributed by atoms with van der Waals surface area (Å²) in [6.45, 7) is 2.06. The van der Waals surface area contributed by atoms with Gasteiger partial charge >= 0.3 is 5.97 Å². The number of aliphatic carboxylic acids is 1. The summed E-state index contributed by atoms with van der Waals surface area (Å²) in [6.07, 6.45) is 4.44. The average molecular weight is 248 g/mol. The van der Waals surface area contributed by atoms with Crippen LogP contribution in [0.2, 0.25) is 0 Å².